The van der Waals surface area contributed by atoms with E-state index in [1.165, 1.54) is 0 Å². The van der Waals surface area contributed by atoms with E-state index in [0.29, 0.717) is 48.9 Å². The fourth-order valence-electron chi connectivity index (χ4n) is 3.58. The van der Waals surface area contributed by atoms with Gasteiger partial charge in [0.1, 0.15) is 5.82 Å². The number of halogens is 1. The maximum absolute atomic E-state index is 12.7. The zero-order valence-electron chi connectivity index (χ0n) is 17.0. The molecular formula is C24H23ClN4O2. The van der Waals surface area contributed by atoms with Crippen molar-refractivity contribution in [3.8, 4) is 0 Å². The van der Waals surface area contributed by atoms with Crippen LogP contribution in [-0.4, -0.2) is 47.9 Å². The smallest absolute Gasteiger partial charge is 0.254 e. The molecule has 1 aromatic heterocycles. The monoisotopic (exact) mass is 434 g/mol. The maximum Gasteiger partial charge on any atom is 0.254 e. The Balaban J connectivity index is 1.30. The zero-order chi connectivity index (χ0) is 21.6. The fourth-order valence-corrected chi connectivity index (χ4v) is 3.77. The summed E-state index contributed by atoms with van der Waals surface area (Å²) in [5.41, 5.74) is 2.24. The second-order valence-corrected chi connectivity index (χ2v) is 7.84. The van der Waals surface area contributed by atoms with Crippen molar-refractivity contribution in [3.05, 3.63) is 89.1 Å². The second kappa shape index (κ2) is 9.62. The molecule has 1 N–H and O–H groups in total. The van der Waals surface area contributed by atoms with E-state index in [4.69, 9.17) is 11.6 Å². The van der Waals surface area contributed by atoms with Gasteiger partial charge in [0.25, 0.3) is 5.91 Å². The average molecular weight is 435 g/mol. The Morgan fingerprint density at radius 3 is 2.39 bits per heavy atom. The van der Waals surface area contributed by atoms with Crippen LogP contribution in [0, 0.1) is 0 Å². The first kappa shape index (κ1) is 20.9. The van der Waals surface area contributed by atoms with Gasteiger partial charge in [-0.25, -0.2) is 4.98 Å². The highest BCUT2D eigenvalue weighted by atomic mass is 35.5. The number of hydrogen-bond donors (Lipinski definition) is 1. The van der Waals surface area contributed by atoms with Gasteiger partial charge >= 0.3 is 0 Å². The van der Waals surface area contributed by atoms with E-state index in [2.05, 4.69) is 15.2 Å². The van der Waals surface area contributed by atoms with Crippen LogP contribution >= 0.6 is 11.6 Å². The Kier molecular flexibility index (Phi) is 6.48. The number of benzene rings is 2. The molecule has 2 heterocycles. The van der Waals surface area contributed by atoms with E-state index < -0.39 is 0 Å². The molecule has 3 aromatic rings. The first-order valence-corrected chi connectivity index (χ1v) is 10.6. The quantitative estimate of drug-likeness (QED) is 0.661. The first-order valence-electron chi connectivity index (χ1n) is 10.2. The number of nitrogens with one attached hydrogen (secondary N) is 1. The van der Waals surface area contributed by atoms with E-state index in [0.717, 1.165) is 11.4 Å². The van der Waals surface area contributed by atoms with Crippen LogP contribution in [0.4, 0.5) is 11.5 Å². The summed E-state index contributed by atoms with van der Waals surface area (Å²) in [5, 5.41) is 3.44. The summed E-state index contributed by atoms with van der Waals surface area (Å²) < 4.78 is 0. The molecule has 0 radical (unpaired) electrons. The van der Waals surface area contributed by atoms with E-state index >= 15 is 0 Å². The summed E-state index contributed by atoms with van der Waals surface area (Å²) >= 11 is 6.00. The van der Waals surface area contributed by atoms with Crippen molar-refractivity contribution in [1.29, 1.82) is 0 Å². The van der Waals surface area contributed by atoms with Gasteiger partial charge in [-0.2, -0.15) is 0 Å². The van der Waals surface area contributed by atoms with Crippen LogP contribution in [0.1, 0.15) is 15.9 Å². The van der Waals surface area contributed by atoms with Crippen LogP contribution in [0.25, 0.3) is 0 Å². The van der Waals surface area contributed by atoms with Gasteiger partial charge in [-0.15, -0.1) is 0 Å². The van der Waals surface area contributed by atoms with Gasteiger partial charge in [0, 0.05) is 36.8 Å². The van der Waals surface area contributed by atoms with Crippen LogP contribution in [0.3, 0.4) is 0 Å². The van der Waals surface area contributed by atoms with Gasteiger partial charge in [0.15, 0.2) is 0 Å². The number of hydrogen-bond acceptors (Lipinski definition) is 4. The van der Waals surface area contributed by atoms with E-state index in [9.17, 15) is 9.59 Å². The molecular weight excluding hydrogens is 412 g/mol. The molecule has 158 valence electrons. The molecule has 0 unspecified atom stereocenters. The molecule has 1 fully saturated rings. The summed E-state index contributed by atoms with van der Waals surface area (Å²) in [4.78, 5) is 33.3. The van der Waals surface area contributed by atoms with Crippen molar-refractivity contribution in [2.45, 2.75) is 6.42 Å². The summed E-state index contributed by atoms with van der Waals surface area (Å²) in [6.07, 6.45) is 1.99. The third-order valence-corrected chi connectivity index (χ3v) is 5.44. The molecule has 7 heteroatoms. The highest BCUT2D eigenvalue weighted by Gasteiger charge is 2.23. The van der Waals surface area contributed by atoms with Crippen molar-refractivity contribution < 1.29 is 9.59 Å². The zero-order valence-corrected chi connectivity index (χ0v) is 17.8. The third kappa shape index (κ3) is 5.41. The van der Waals surface area contributed by atoms with E-state index in [-0.39, 0.29) is 11.8 Å². The molecule has 1 saturated heterocycles. The van der Waals surface area contributed by atoms with Crippen LogP contribution < -0.4 is 10.2 Å². The van der Waals surface area contributed by atoms with Crippen LogP contribution in [0.15, 0.2) is 72.9 Å². The Morgan fingerprint density at radius 2 is 1.71 bits per heavy atom. The molecule has 31 heavy (non-hydrogen) atoms. The molecule has 1 aliphatic heterocycles. The Morgan fingerprint density at radius 1 is 0.935 bits per heavy atom. The Bertz CT molecular complexity index is 1050. The minimum atomic E-state index is -0.0751. The molecule has 0 aliphatic carbocycles. The number of nitrogens with zero attached hydrogens (tertiary/aromatic N) is 3. The highest BCUT2D eigenvalue weighted by molar-refractivity contribution is 6.30. The number of rotatable bonds is 5. The lowest BCUT2D eigenvalue weighted by Crippen LogP contribution is -2.49. The van der Waals surface area contributed by atoms with Gasteiger partial charge in [-0.1, -0.05) is 48.0 Å². The Hall–Kier alpha value is -3.38. The topological polar surface area (TPSA) is 65.5 Å². The Labute approximate surface area is 186 Å². The number of amides is 2. The number of aromatic nitrogens is 1. The summed E-state index contributed by atoms with van der Waals surface area (Å²) in [6, 6.07) is 20.4. The third-order valence-electron chi connectivity index (χ3n) is 5.20. The molecule has 0 spiro atoms. The molecule has 1 aliphatic rings. The van der Waals surface area contributed by atoms with Crippen molar-refractivity contribution in [1.82, 2.24) is 9.88 Å². The van der Waals surface area contributed by atoms with Crippen LogP contribution in [0.5, 0.6) is 0 Å². The lowest BCUT2D eigenvalue weighted by atomic mass is 10.1. The summed E-state index contributed by atoms with van der Waals surface area (Å²) in [7, 11) is 0. The normalized spacial score (nSPS) is 13.7. The lowest BCUT2D eigenvalue weighted by Gasteiger charge is -2.35. The largest absolute Gasteiger partial charge is 0.353 e. The minimum absolute atomic E-state index is 0.00779. The van der Waals surface area contributed by atoms with Crippen molar-refractivity contribution >= 4 is 34.9 Å². The number of pyridine rings is 1. The summed E-state index contributed by atoms with van der Waals surface area (Å²) in [6.45, 7) is 2.61. The van der Waals surface area contributed by atoms with Crippen LogP contribution in [0.2, 0.25) is 5.02 Å². The molecule has 2 amide bonds. The number of carbonyl (C=O) groups excluding carboxylic acids is 2. The van der Waals surface area contributed by atoms with Gasteiger partial charge in [-0.05, 0) is 35.9 Å². The number of piperazine rings is 1. The average Bonchev–Trinajstić information content (AvgIpc) is 2.80. The molecule has 4 rings (SSSR count). The van der Waals surface area contributed by atoms with E-state index in [1.807, 2.05) is 47.4 Å². The first-order chi connectivity index (χ1) is 15.1. The molecule has 0 saturated carbocycles. The predicted molar refractivity (Wildman–Crippen MR) is 123 cm³/mol. The predicted octanol–water partition coefficient (Wildman–Crippen LogP) is 3.88. The number of carbonyl (C=O) groups is 2. The van der Waals surface area contributed by atoms with Gasteiger partial charge < -0.3 is 15.1 Å². The molecule has 6 nitrogen and oxygen atoms in total. The lowest BCUT2D eigenvalue weighted by molar-refractivity contribution is -0.115. The molecule has 0 atom stereocenters. The van der Waals surface area contributed by atoms with Crippen molar-refractivity contribution in [2.24, 2.45) is 0 Å². The van der Waals surface area contributed by atoms with Gasteiger partial charge in [-0.3, -0.25) is 9.59 Å². The minimum Gasteiger partial charge on any atom is -0.353 e. The second-order valence-electron chi connectivity index (χ2n) is 7.41. The maximum atomic E-state index is 12.7. The highest BCUT2D eigenvalue weighted by Crippen LogP contribution is 2.18. The van der Waals surface area contributed by atoms with Crippen molar-refractivity contribution in [2.75, 3.05) is 36.4 Å². The molecule has 2 aromatic carbocycles. The SMILES string of the molecule is O=C(Cc1ccccc1)Nc1ccc(N2CCN(C(=O)c3cccc(Cl)c3)CC2)nc1. The van der Waals surface area contributed by atoms with Crippen molar-refractivity contribution in [3.63, 3.8) is 0 Å². The van der Waals surface area contributed by atoms with Gasteiger partial charge in [0.2, 0.25) is 5.91 Å². The fraction of sp³-hybridized carbons (Fsp3) is 0.208. The number of anilines is 2. The summed E-state index contributed by atoms with van der Waals surface area (Å²) in [5.74, 6) is 0.747. The van der Waals surface area contributed by atoms with Crippen LogP contribution in [-0.2, 0) is 11.2 Å². The molecule has 0 bridgehead atoms. The standard InChI is InChI=1S/C24H23ClN4O2/c25-20-8-4-7-19(16-20)24(31)29-13-11-28(12-14-29)22-10-9-21(17-26-22)27-23(30)15-18-5-2-1-3-6-18/h1-10,16-17H,11-15H2,(H,27,30). The van der Waals surface area contributed by atoms with Gasteiger partial charge in [0.05, 0.1) is 18.3 Å². The van der Waals surface area contributed by atoms with E-state index in [1.54, 1.807) is 30.5 Å².